The van der Waals surface area contributed by atoms with Crippen LogP contribution < -0.4 is 9.62 Å². The Labute approximate surface area is 182 Å². The van der Waals surface area contributed by atoms with Crippen molar-refractivity contribution in [3.8, 4) is 0 Å². The number of alkyl halides is 3. The summed E-state index contributed by atoms with van der Waals surface area (Å²) in [6, 6.07) is 14.3. The van der Waals surface area contributed by atoms with E-state index in [2.05, 4.69) is 5.32 Å². The van der Waals surface area contributed by atoms with E-state index >= 15 is 0 Å². The lowest BCUT2D eigenvalue weighted by Crippen LogP contribution is -2.38. The summed E-state index contributed by atoms with van der Waals surface area (Å²) in [4.78, 5) is 12.4. The van der Waals surface area contributed by atoms with E-state index in [4.69, 9.17) is 0 Å². The van der Waals surface area contributed by atoms with Gasteiger partial charge in [0.2, 0.25) is 5.91 Å². The second-order valence-electron chi connectivity index (χ2n) is 6.93. The Hall–Kier alpha value is -3.40. The van der Waals surface area contributed by atoms with Gasteiger partial charge in [0, 0.05) is 5.69 Å². The number of carbonyl (C=O) groups excluding carboxylic acids is 1. The maximum absolute atomic E-state index is 13.4. The molecule has 0 radical (unpaired) electrons. The van der Waals surface area contributed by atoms with E-state index in [0.717, 1.165) is 35.9 Å². The van der Waals surface area contributed by atoms with Crippen LogP contribution in [0.25, 0.3) is 0 Å². The van der Waals surface area contributed by atoms with E-state index < -0.39 is 40.0 Å². The number of nitrogens with one attached hydrogen (secondary N) is 1. The number of halogens is 4. The van der Waals surface area contributed by atoms with Crippen molar-refractivity contribution in [3.05, 3.63) is 89.7 Å². The van der Waals surface area contributed by atoms with Crippen molar-refractivity contribution in [2.45, 2.75) is 18.0 Å². The minimum Gasteiger partial charge on any atom is -0.324 e. The van der Waals surface area contributed by atoms with Crippen LogP contribution in [0.4, 0.5) is 28.9 Å². The molecule has 0 heterocycles. The molecule has 1 N–H and O–H groups in total. The number of sulfonamides is 1. The molecule has 0 saturated heterocycles. The van der Waals surface area contributed by atoms with Crippen LogP contribution in [0, 0.1) is 12.7 Å². The summed E-state index contributed by atoms with van der Waals surface area (Å²) in [5.74, 6) is -1.48. The number of rotatable bonds is 6. The fourth-order valence-corrected chi connectivity index (χ4v) is 4.30. The van der Waals surface area contributed by atoms with E-state index in [9.17, 15) is 30.8 Å². The fraction of sp³-hybridized carbons (Fsp3) is 0.136. The normalized spacial score (nSPS) is 11.8. The van der Waals surface area contributed by atoms with Crippen molar-refractivity contribution in [2.24, 2.45) is 0 Å². The third kappa shape index (κ3) is 5.44. The zero-order valence-corrected chi connectivity index (χ0v) is 17.5. The van der Waals surface area contributed by atoms with Gasteiger partial charge >= 0.3 is 6.18 Å². The third-order valence-corrected chi connectivity index (χ3v) is 6.25. The number of hydrogen-bond acceptors (Lipinski definition) is 3. The number of carbonyl (C=O) groups is 1. The highest BCUT2D eigenvalue weighted by molar-refractivity contribution is 7.92. The second-order valence-corrected chi connectivity index (χ2v) is 8.79. The summed E-state index contributed by atoms with van der Waals surface area (Å²) in [5.41, 5.74) is -0.551. The molecule has 0 aliphatic rings. The molecule has 0 bridgehead atoms. The molecule has 0 saturated carbocycles. The number of amides is 1. The van der Waals surface area contributed by atoms with Crippen LogP contribution in [0.15, 0.2) is 77.7 Å². The minimum absolute atomic E-state index is 0.0757. The molecule has 0 atom stereocenters. The fourth-order valence-electron chi connectivity index (χ4n) is 2.89. The molecule has 0 spiro atoms. The zero-order chi connectivity index (χ0) is 23.5. The van der Waals surface area contributed by atoms with Gasteiger partial charge in [-0.05, 0) is 55.5 Å². The van der Waals surface area contributed by atoms with E-state index in [0.29, 0.717) is 10.4 Å². The Morgan fingerprint density at radius 1 is 0.969 bits per heavy atom. The monoisotopic (exact) mass is 466 g/mol. The number of nitrogens with zero attached hydrogens (tertiary/aromatic N) is 1. The standard InChI is InChI=1S/C22H18F4N2O3S/c1-15-8-10-20(11-9-15)32(30,31)28(19-7-2-4-16(12-19)22(24,25)26)14-21(29)27-18-6-3-5-17(23)13-18/h2-13H,14H2,1H3,(H,27,29). The molecule has 168 valence electrons. The lowest BCUT2D eigenvalue weighted by Gasteiger charge is -2.25. The van der Waals surface area contributed by atoms with Crippen LogP contribution in [0.5, 0.6) is 0 Å². The molecular weight excluding hydrogens is 448 g/mol. The maximum Gasteiger partial charge on any atom is 0.416 e. The SMILES string of the molecule is Cc1ccc(S(=O)(=O)N(CC(=O)Nc2cccc(F)c2)c2cccc(C(F)(F)F)c2)cc1. The van der Waals surface area contributed by atoms with Crippen molar-refractivity contribution in [1.82, 2.24) is 0 Å². The first-order valence-electron chi connectivity index (χ1n) is 9.29. The Kier molecular flexibility index (Phi) is 6.54. The van der Waals surface area contributed by atoms with Gasteiger partial charge in [-0.25, -0.2) is 12.8 Å². The average molecular weight is 466 g/mol. The number of benzene rings is 3. The smallest absolute Gasteiger partial charge is 0.324 e. The van der Waals surface area contributed by atoms with Crippen molar-refractivity contribution in [1.29, 1.82) is 0 Å². The molecular formula is C22H18F4N2O3S. The molecule has 5 nitrogen and oxygen atoms in total. The quantitative estimate of drug-likeness (QED) is 0.521. The van der Waals surface area contributed by atoms with Gasteiger partial charge in [-0.1, -0.05) is 29.8 Å². The molecule has 3 aromatic carbocycles. The van der Waals surface area contributed by atoms with Crippen molar-refractivity contribution in [2.75, 3.05) is 16.2 Å². The highest BCUT2D eigenvalue weighted by atomic mass is 32.2. The van der Waals surface area contributed by atoms with Crippen molar-refractivity contribution in [3.63, 3.8) is 0 Å². The average Bonchev–Trinajstić information content (AvgIpc) is 2.72. The molecule has 0 aliphatic carbocycles. The Morgan fingerprint density at radius 2 is 1.62 bits per heavy atom. The molecule has 10 heteroatoms. The summed E-state index contributed by atoms with van der Waals surface area (Å²) in [6.07, 6.45) is -4.71. The van der Waals surface area contributed by atoms with Gasteiger partial charge in [0.15, 0.2) is 0 Å². The summed E-state index contributed by atoms with van der Waals surface area (Å²) in [6.45, 7) is 0.918. The first-order valence-corrected chi connectivity index (χ1v) is 10.7. The molecule has 3 aromatic rings. The van der Waals surface area contributed by atoms with Crippen molar-refractivity contribution >= 4 is 27.3 Å². The topological polar surface area (TPSA) is 66.5 Å². The minimum atomic E-state index is -4.71. The molecule has 0 fully saturated rings. The Morgan fingerprint density at radius 3 is 2.25 bits per heavy atom. The molecule has 0 aliphatic heterocycles. The predicted octanol–water partition coefficient (Wildman–Crippen LogP) is 4.99. The van der Waals surface area contributed by atoms with Crippen LogP contribution in [-0.4, -0.2) is 20.9 Å². The van der Waals surface area contributed by atoms with Gasteiger partial charge in [0.1, 0.15) is 12.4 Å². The van der Waals surface area contributed by atoms with Crippen LogP contribution in [0.3, 0.4) is 0 Å². The van der Waals surface area contributed by atoms with Crippen LogP contribution in [0.1, 0.15) is 11.1 Å². The Bertz CT molecular complexity index is 1230. The lowest BCUT2D eigenvalue weighted by atomic mass is 10.2. The van der Waals surface area contributed by atoms with Crippen molar-refractivity contribution < 1.29 is 30.8 Å². The van der Waals surface area contributed by atoms with Gasteiger partial charge in [0.05, 0.1) is 16.1 Å². The number of hydrogen-bond donors (Lipinski definition) is 1. The number of anilines is 2. The highest BCUT2D eigenvalue weighted by Crippen LogP contribution is 2.33. The summed E-state index contributed by atoms with van der Waals surface area (Å²) < 4.78 is 80.1. The van der Waals surface area contributed by atoms with Crippen LogP contribution >= 0.6 is 0 Å². The third-order valence-electron chi connectivity index (χ3n) is 4.47. The second kappa shape index (κ2) is 8.99. The van der Waals surface area contributed by atoms with Gasteiger partial charge in [0.25, 0.3) is 10.0 Å². The van der Waals surface area contributed by atoms with E-state index in [-0.39, 0.29) is 16.3 Å². The lowest BCUT2D eigenvalue weighted by molar-refractivity contribution is -0.137. The summed E-state index contributed by atoms with van der Waals surface area (Å²) in [7, 11) is -4.40. The van der Waals surface area contributed by atoms with Crippen LogP contribution in [-0.2, 0) is 21.0 Å². The predicted molar refractivity (Wildman–Crippen MR) is 112 cm³/mol. The maximum atomic E-state index is 13.4. The number of aryl methyl sites for hydroxylation is 1. The first-order chi connectivity index (χ1) is 15.0. The molecule has 1 amide bonds. The molecule has 3 rings (SSSR count). The van der Waals surface area contributed by atoms with Gasteiger partial charge < -0.3 is 5.32 Å². The van der Waals surface area contributed by atoms with Gasteiger partial charge in [-0.15, -0.1) is 0 Å². The van der Waals surface area contributed by atoms with E-state index in [1.165, 1.54) is 36.4 Å². The summed E-state index contributed by atoms with van der Waals surface area (Å²) in [5, 5.41) is 2.35. The zero-order valence-electron chi connectivity index (χ0n) is 16.7. The largest absolute Gasteiger partial charge is 0.416 e. The van der Waals surface area contributed by atoms with Gasteiger partial charge in [-0.3, -0.25) is 9.10 Å². The molecule has 0 aromatic heterocycles. The Balaban J connectivity index is 2.01. The van der Waals surface area contributed by atoms with Gasteiger partial charge in [-0.2, -0.15) is 13.2 Å². The highest BCUT2D eigenvalue weighted by Gasteiger charge is 2.33. The first kappa shape index (κ1) is 23.3. The van der Waals surface area contributed by atoms with E-state index in [1.807, 2.05) is 0 Å². The van der Waals surface area contributed by atoms with E-state index in [1.54, 1.807) is 6.92 Å². The molecule has 0 unspecified atom stereocenters. The van der Waals surface area contributed by atoms with Crippen LogP contribution in [0.2, 0.25) is 0 Å². The summed E-state index contributed by atoms with van der Waals surface area (Å²) >= 11 is 0. The molecule has 32 heavy (non-hydrogen) atoms.